The lowest BCUT2D eigenvalue weighted by Crippen LogP contribution is -2.36. The number of benzene rings is 2. The van der Waals surface area contributed by atoms with Gasteiger partial charge in [-0.05, 0) is 50.0 Å². The molecule has 0 spiro atoms. The van der Waals surface area contributed by atoms with Crippen LogP contribution in [0.5, 0.6) is 5.75 Å². The highest BCUT2D eigenvalue weighted by molar-refractivity contribution is 5.42. The second-order valence-electron chi connectivity index (χ2n) is 6.27. The third-order valence-electron chi connectivity index (χ3n) is 4.76. The van der Waals surface area contributed by atoms with Crippen LogP contribution in [0.15, 0.2) is 48.5 Å². The Morgan fingerprint density at radius 3 is 2.54 bits per heavy atom. The number of hydrogen-bond donors (Lipinski definition) is 1. The smallest absolute Gasteiger partial charge is 0.165 e. The fourth-order valence-electron chi connectivity index (χ4n) is 3.44. The number of nitrogens with zero attached hydrogens (tertiary/aromatic N) is 1. The van der Waals surface area contributed by atoms with Gasteiger partial charge in [-0.25, -0.2) is 4.39 Å². The monoisotopic (exact) mass is 328 g/mol. The second-order valence-corrected chi connectivity index (χ2v) is 6.27. The predicted molar refractivity (Wildman–Crippen MR) is 96.3 cm³/mol. The van der Waals surface area contributed by atoms with Crippen LogP contribution in [0.25, 0.3) is 0 Å². The molecule has 0 amide bonds. The molecule has 0 radical (unpaired) electrons. The zero-order valence-electron chi connectivity index (χ0n) is 14.2. The Hall–Kier alpha value is -2.07. The van der Waals surface area contributed by atoms with Crippen molar-refractivity contribution in [1.29, 1.82) is 0 Å². The van der Waals surface area contributed by atoms with Crippen molar-refractivity contribution in [2.45, 2.75) is 18.8 Å². The summed E-state index contributed by atoms with van der Waals surface area (Å²) in [5.41, 5.74) is 2.18. The number of hydrogen-bond acceptors (Lipinski definition) is 3. The maximum absolute atomic E-state index is 13.9. The van der Waals surface area contributed by atoms with Gasteiger partial charge in [0.2, 0.25) is 0 Å². The largest absolute Gasteiger partial charge is 0.493 e. The van der Waals surface area contributed by atoms with Crippen molar-refractivity contribution < 1.29 is 9.13 Å². The highest BCUT2D eigenvalue weighted by Gasteiger charge is 2.24. The van der Waals surface area contributed by atoms with E-state index in [1.54, 1.807) is 13.2 Å². The third-order valence-corrected chi connectivity index (χ3v) is 4.76. The molecule has 0 saturated carbocycles. The Balaban J connectivity index is 1.48. The molecule has 2 aromatic carbocycles. The summed E-state index contributed by atoms with van der Waals surface area (Å²) in [6.07, 6.45) is 2.09. The molecule has 0 unspecified atom stereocenters. The number of ether oxygens (including phenoxy) is 1. The zero-order valence-corrected chi connectivity index (χ0v) is 14.2. The van der Waals surface area contributed by atoms with E-state index in [-0.39, 0.29) is 5.82 Å². The maximum atomic E-state index is 13.9. The average Bonchev–Trinajstić information content (AvgIpc) is 2.63. The topological polar surface area (TPSA) is 24.5 Å². The summed E-state index contributed by atoms with van der Waals surface area (Å²) in [6, 6.07) is 15.5. The zero-order chi connectivity index (χ0) is 16.8. The van der Waals surface area contributed by atoms with Crippen molar-refractivity contribution >= 4 is 5.69 Å². The standard InChI is InChI=1S/C20H25FN2O/c1-24-20-18(8-5-9-19(20)21)16-10-13-23(14-11-16)15-12-22-17-6-3-2-4-7-17/h2-9,16,22H,10-15H2,1H3. The van der Waals surface area contributed by atoms with Crippen molar-refractivity contribution in [3.63, 3.8) is 0 Å². The molecule has 1 fully saturated rings. The quantitative estimate of drug-likeness (QED) is 0.863. The van der Waals surface area contributed by atoms with Gasteiger partial charge in [-0.1, -0.05) is 30.3 Å². The first-order valence-corrected chi connectivity index (χ1v) is 8.61. The molecule has 0 bridgehead atoms. The van der Waals surface area contributed by atoms with Crippen LogP contribution >= 0.6 is 0 Å². The Labute approximate surface area is 143 Å². The first-order chi connectivity index (χ1) is 11.8. The predicted octanol–water partition coefficient (Wildman–Crippen LogP) is 4.13. The molecule has 1 N–H and O–H groups in total. The van der Waals surface area contributed by atoms with Gasteiger partial charge in [0.05, 0.1) is 7.11 Å². The van der Waals surface area contributed by atoms with Gasteiger partial charge in [0.25, 0.3) is 0 Å². The first kappa shape index (κ1) is 16.8. The van der Waals surface area contributed by atoms with Gasteiger partial charge in [0.15, 0.2) is 11.6 Å². The molecule has 1 heterocycles. The number of nitrogens with one attached hydrogen (secondary N) is 1. The highest BCUT2D eigenvalue weighted by Crippen LogP contribution is 2.35. The lowest BCUT2D eigenvalue weighted by Gasteiger charge is -2.32. The minimum Gasteiger partial charge on any atom is -0.493 e. The van der Waals surface area contributed by atoms with Crippen molar-refractivity contribution in [3.05, 3.63) is 59.9 Å². The minimum absolute atomic E-state index is 0.260. The Kier molecular flexibility index (Phi) is 5.70. The molecule has 1 aliphatic rings. The molecule has 3 nitrogen and oxygen atoms in total. The minimum atomic E-state index is -0.260. The van der Waals surface area contributed by atoms with E-state index in [1.807, 2.05) is 24.3 Å². The van der Waals surface area contributed by atoms with E-state index in [1.165, 1.54) is 6.07 Å². The molecule has 24 heavy (non-hydrogen) atoms. The molecule has 4 heteroatoms. The van der Waals surface area contributed by atoms with E-state index in [9.17, 15) is 4.39 Å². The maximum Gasteiger partial charge on any atom is 0.165 e. The van der Waals surface area contributed by atoms with Crippen LogP contribution in [0.1, 0.15) is 24.3 Å². The summed E-state index contributed by atoms with van der Waals surface area (Å²) in [7, 11) is 1.55. The van der Waals surface area contributed by atoms with E-state index < -0.39 is 0 Å². The van der Waals surface area contributed by atoms with Crippen LogP contribution in [0.2, 0.25) is 0 Å². The molecular weight excluding hydrogens is 303 g/mol. The van der Waals surface area contributed by atoms with E-state index in [0.717, 1.165) is 50.3 Å². The van der Waals surface area contributed by atoms with Crippen LogP contribution in [0.4, 0.5) is 10.1 Å². The van der Waals surface area contributed by atoms with Crippen LogP contribution < -0.4 is 10.1 Å². The average molecular weight is 328 g/mol. The number of rotatable bonds is 6. The SMILES string of the molecule is COc1c(F)cccc1C1CCN(CCNc2ccccc2)CC1. The fourth-order valence-corrected chi connectivity index (χ4v) is 3.44. The van der Waals surface area contributed by atoms with Crippen molar-refractivity contribution in [3.8, 4) is 5.75 Å². The Bertz CT molecular complexity index is 639. The van der Waals surface area contributed by atoms with Gasteiger partial charge in [0.1, 0.15) is 0 Å². The third kappa shape index (κ3) is 4.06. The lowest BCUT2D eigenvalue weighted by atomic mass is 9.88. The number of halogens is 1. The fraction of sp³-hybridized carbons (Fsp3) is 0.400. The highest BCUT2D eigenvalue weighted by atomic mass is 19.1. The molecule has 1 aliphatic heterocycles. The summed E-state index contributed by atoms with van der Waals surface area (Å²) < 4.78 is 19.1. The van der Waals surface area contributed by atoms with Crippen molar-refractivity contribution in [2.24, 2.45) is 0 Å². The molecular formula is C20H25FN2O. The Morgan fingerprint density at radius 2 is 1.83 bits per heavy atom. The van der Waals surface area contributed by atoms with Gasteiger partial charge in [-0.3, -0.25) is 0 Å². The van der Waals surface area contributed by atoms with E-state index >= 15 is 0 Å². The summed E-state index contributed by atoms with van der Waals surface area (Å²) in [5.74, 6) is 0.542. The van der Waals surface area contributed by atoms with E-state index in [4.69, 9.17) is 4.74 Å². The summed E-state index contributed by atoms with van der Waals surface area (Å²) in [5, 5.41) is 3.45. The van der Waals surface area contributed by atoms with Crippen molar-refractivity contribution in [1.82, 2.24) is 4.90 Å². The van der Waals surface area contributed by atoms with Gasteiger partial charge in [0, 0.05) is 24.3 Å². The Morgan fingerprint density at radius 1 is 1.08 bits per heavy atom. The molecule has 2 aromatic rings. The van der Waals surface area contributed by atoms with E-state index in [2.05, 4.69) is 22.3 Å². The molecule has 3 rings (SSSR count). The van der Waals surface area contributed by atoms with Crippen LogP contribution in [-0.4, -0.2) is 38.2 Å². The molecule has 128 valence electrons. The summed E-state index contributed by atoms with van der Waals surface area (Å²) >= 11 is 0. The number of piperidine rings is 1. The van der Waals surface area contributed by atoms with Gasteiger partial charge in [-0.2, -0.15) is 0 Å². The molecule has 0 atom stereocenters. The number of methoxy groups -OCH3 is 1. The molecule has 0 aromatic heterocycles. The lowest BCUT2D eigenvalue weighted by molar-refractivity contribution is 0.217. The normalized spacial score (nSPS) is 16.1. The number of likely N-dealkylation sites (tertiary alicyclic amines) is 1. The summed E-state index contributed by atoms with van der Waals surface area (Å²) in [6.45, 7) is 4.06. The first-order valence-electron chi connectivity index (χ1n) is 8.61. The van der Waals surface area contributed by atoms with Gasteiger partial charge >= 0.3 is 0 Å². The van der Waals surface area contributed by atoms with Crippen molar-refractivity contribution in [2.75, 3.05) is 38.6 Å². The van der Waals surface area contributed by atoms with Gasteiger partial charge < -0.3 is 15.0 Å². The molecule has 0 aliphatic carbocycles. The molecule has 1 saturated heterocycles. The van der Waals surface area contributed by atoms with Gasteiger partial charge in [-0.15, -0.1) is 0 Å². The van der Waals surface area contributed by atoms with Crippen LogP contribution in [0, 0.1) is 5.82 Å². The van der Waals surface area contributed by atoms with Crippen LogP contribution in [0.3, 0.4) is 0 Å². The number of para-hydroxylation sites is 2. The number of anilines is 1. The second kappa shape index (κ2) is 8.15. The summed E-state index contributed by atoms with van der Waals surface area (Å²) in [4.78, 5) is 2.47. The van der Waals surface area contributed by atoms with E-state index in [0.29, 0.717) is 11.7 Å². The van der Waals surface area contributed by atoms with Crippen LogP contribution in [-0.2, 0) is 0 Å².